The van der Waals surface area contributed by atoms with E-state index in [0.29, 0.717) is 5.56 Å². The SMILES string of the molecule is N/C(=N\O)c1cccc(CSc2ccc(F)cc2)c1. The van der Waals surface area contributed by atoms with E-state index < -0.39 is 0 Å². The first-order valence-corrected chi connectivity index (χ1v) is 6.63. The number of halogens is 1. The third-order valence-electron chi connectivity index (χ3n) is 2.55. The van der Waals surface area contributed by atoms with E-state index in [0.717, 1.165) is 16.2 Å². The maximum atomic E-state index is 12.8. The van der Waals surface area contributed by atoms with Gasteiger partial charge in [0.05, 0.1) is 0 Å². The minimum Gasteiger partial charge on any atom is -0.409 e. The van der Waals surface area contributed by atoms with Gasteiger partial charge in [0.2, 0.25) is 0 Å². The van der Waals surface area contributed by atoms with Gasteiger partial charge in [-0.25, -0.2) is 4.39 Å². The van der Waals surface area contributed by atoms with Crippen molar-refractivity contribution in [2.75, 3.05) is 0 Å². The number of benzene rings is 2. The second kappa shape index (κ2) is 6.24. The molecule has 0 spiro atoms. The topological polar surface area (TPSA) is 58.6 Å². The molecule has 2 aromatic rings. The maximum absolute atomic E-state index is 12.8. The highest BCUT2D eigenvalue weighted by Crippen LogP contribution is 2.23. The number of nitrogens with two attached hydrogens (primary N) is 1. The number of thioether (sulfide) groups is 1. The van der Waals surface area contributed by atoms with Gasteiger partial charge >= 0.3 is 0 Å². The lowest BCUT2D eigenvalue weighted by molar-refractivity contribution is 0.318. The van der Waals surface area contributed by atoms with Crippen molar-refractivity contribution < 1.29 is 9.60 Å². The van der Waals surface area contributed by atoms with Crippen LogP contribution in [0.1, 0.15) is 11.1 Å². The third kappa shape index (κ3) is 3.72. The zero-order valence-corrected chi connectivity index (χ0v) is 10.9. The number of nitrogens with zero attached hydrogens (tertiary/aromatic N) is 1. The lowest BCUT2D eigenvalue weighted by Gasteiger charge is -2.04. The number of amidine groups is 1. The van der Waals surface area contributed by atoms with Gasteiger partial charge in [-0.1, -0.05) is 23.4 Å². The Hall–Kier alpha value is -2.01. The van der Waals surface area contributed by atoms with Crippen LogP contribution in [0.3, 0.4) is 0 Å². The highest BCUT2D eigenvalue weighted by Gasteiger charge is 2.02. The molecule has 98 valence electrons. The molecular formula is C14H13FN2OS. The normalized spacial score (nSPS) is 11.5. The second-order valence-electron chi connectivity index (χ2n) is 3.93. The van der Waals surface area contributed by atoms with Crippen molar-refractivity contribution in [2.24, 2.45) is 10.9 Å². The van der Waals surface area contributed by atoms with Crippen LogP contribution in [-0.2, 0) is 5.75 Å². The Balaban J connectivity index is 2.05. The molecule has 5 heteroatoms. The van der Waals surface area contributed by atoms with Crippen molar-refractivity contribution in [1.82, 2.24) is 0 Å². The second-order valence-corrected chi connectivity index (χ2v) is 4.98. The average molecular weight is 276 g/mol. The lowest BCUT2D eigenvalue weighted by Crippen LogP contribution is -2.13. The summed E-state index contributed by atoms with van der Waals surface area (Å²) in [7, 11) is 0. The van der Waals surface area contributed by atoms with E-state index in [1.54, 1.807) is 30.0 Å². The zero-order valence-electron chi connectivity index (χ0n) is 10.1. The molecule has 0 aliphatic carbocycles. The summed E-state index contributed by atoms with van der Waals surface area (Å²) in [5.41, 5.74) is 7.27. The van der Waals surface area contributed by atoms with E-state index in [4.69, 9.17) is 10.9 Å². The molecule has 0 unspecified atom stereocenters. The van der Waals surface area contributed by atoms with Crippen molar-refractivity contribution in [3.05, 3.63) is 65.5 Å². The number of hydrogen-bond donors (Lipinski definition) is 2. The first-order chi connectivity index (χ1) is 9.19. The number of oxime groups is 1. The van der Waals surface area contributed by atoms with Crippen LogP contribution in [0.25, 0.3) is 0 Å². The molecule has 2 rings (SSSR count). The number of hydrogen-bond acceptors (Lipinski definition) is 3. The summed E-state index contributed by atoms with van der Waals surface area (Å²) in [6.45, 7) is 0. The van der Waals surface area contributed by atoms with Crippen LogP contribution in [0.4, 0.5) is 4.39 Å². The summed E-state index contributed by atoms with van der Waals surface area (Å²) in [4.78, 5) is 0.996. The molecule has 0 saturated carbocycles. The fourth-order valence-corrected chi connectivity index (χ4v) is 2.42. The van der Waals surface area contributed by atoms with Gasteiger partial charge in [0.25, 0.3) is 0 Å². The fourth-order valence-electron chi connectivity index (χ4n) is 1.58. The van der Waals surface area contributed by atoms with Crippen LogP contribution in [0, 0.1) is 5.82 Å². The molecule has 19 heavy (non-hydrogen) atoms. The van der Waals surface area contributed by atoms with E-state index in [-0.39, 0.29) is 11.7 Å². The van der Waals surface area contributed by atoms with Gasteiger partial charge in [-0.05, 0) is 35.9 Å². The fraction of sp³-hybridized carbons (Fsp3) is 0.0714. The van der Waals surface area contributed by atoms with Gasteiger partial charge in [0.15, 0.2) is 5.84 Å². The molecular weight excluding hydrogens is 263 g/mol. The summed E-state index contributed by atoms with van der Waals surface area (Å²) < 4.78 is 12.8. The Morgan fingerprint density at radius 1 is 1.21 bits per heavy atom. The molecule has 0 aromatic heterocycles. The summed E-state index contributed by atoms with van der Waals surface area (Å²) in [5, 5.41) is 11.6. The third-order valence-corrected chi connectivity index (χ3v) is 3.63. The summed E-state index contributed by atoms with van der Waals surface area (Å²) >= 11 is 1.60. The lowest BCUT2D eigenvalue weighted by atomic mass is 10.1. The molecule has 3 N–H and O–H groups in total. The Morgan fingerprint density at radius 2 is 1.95 bits per heavy atom. The van der Waals surface area contributed by atoms with Gasteiger partial charge in [-0.3, -0.25) is 0 Å². The van der Waals surface area contributed by atoms with E-state index in [1.165, 1.54) is 12.1 Å². The Kier molecular flexibility index (Phi) is 4.41. The predicted octanol–water partition coefficient (Wildman–Crippen LogP) is 3.21. The van der Waals surface area contributed by atoms with Crippen LogP contribution in [0.5, 0.6) is 0 Å². The molecule has 0 bridgehead atoms. The van der Waals surface area contributed by atoms with Gasteiger partial charge < -0.3 is 10.9 Å². The minimum atomic E-state index is -0.238. The van der Waals surface area contributed by atoms with Crippen LogP contribution < -0.4 is 5.73 Å². The predicted molar refractivity (Wildman–Crippen MR) is 74.9 cm³/mol. The quantitative estimate of drug-likeness (QED) is 0.296. The molecule has 0 heterocycles. The zero-order chi connectivity index (χ0) is 13.7. The Bertz CT molecular complexity index is 584. The summed E-state index contributed by atoms with van der Waals surface area (Å²) in [5.74, 6) is 0.588. The molecule has 0 radical (unpaired) electrons. The van der Waals surface area contributed by atoms with Crippen LogP contribution in [0.2, 0.25) is 0 Å². The molecule has 3 nitrogen and oxygen atoms in total. The number of rotatable bonds is 4. The van der Waals surface area contributed by atoms with E-state index in [9.17, 15) is 4.39 Å². The molecule has 0 aliphatic heterocycles. The van der Waals surface area contributed by atoms with Gasteiger partial charge in [0.1, 0.15) is 5.82 Å². The van der Waals surface area contributed by atoms with E-state index in [2.05, 4.69) is 5.16 Å². The molecule has 0 aliphatic rings. The Morgan fingerprint density at radius 3 is 2.63 bits per heavy atom. The van der Waals surface area contributed by atoms with Crippen LogP contribution in [-0.4, -0.2) is 11.0 Å². The van der Waals surface area contributed by atoms with Gasteiger partial charge in [-0.15, -0.1) is 11.8 Å². The van der Waals surface area contributed by atoms with Gasteiger partial charge in [-0.2, -0.15) is 0 Å². The summed E-state index contributed by atoms with van der Waals surface area (Å²) in [6.07, 6.45) is 0. The van der Waals surface area contributed by atoms with E-state index >= 15 is 0 Å². The smallest absolute Gasteiger partial charge is 0.170 e. The largest absolute Gasteiger partial charge is 0.409 e. The highest BCUT2D eigenvalue weighted by molar-refractivity contribution is 7.98. The average Bonchev–Trinajstić information content (AvgIpc) is 2.46. The summed E-state index contributed by atoms with van der Waals surface area (Å²) in [6, 6.07) is 13.8. The van der Waals surface area contributed by atoms with Crippen molar-refractivity contribution >= 4 is 17.6 Å². The first kappa shape index (κ1) is 13.4. The van der Waals surface area contributed by atoms with E-state index in [1.807, 2.05) is 18.2 Å². The molecule has 0 atom stereocenters. The minimum absolute atomic E-state index is 0.0913. The van der Waals surface area contributed by atoms with Crippen molar-refractivity contribution in [2.45, 2.75) is 10.6 Å². The Labute approximate surface area is 114 Å². The molecule has 2 aromatic carbocycles. The molecule has 0 fully saturated rings. The molecule has 0 saturated heterocycles. The standard InChI is InChI=1S/C14H13FN2OS/c15-12-4-6-13(7-5-12)19-9-10-2-1-3-11(8-10)14(16)17-18/h1-8,18H,9H2,(H2,16,17). The first-order valence-electron chi connectivity index (χ1n) is 5.64. The van der Waals surface area contributed by atoms with Crippen molar-refractivity contribution in [3.8, 4) is 0 Å². The van der Waals surface area contributed by atoms with Crippen LogP contribution in [0.15, 0.2) is 58.6 Å². The molecule has 0 amide bonds. The van der Waals surface area contributed by atoms with Crippen molar-refractivity contribution in [3.63, 3.8) is 0 Å². The van der Waals surface area contributed by atoms with Crippen molar-refractivity contribution in [1.29, 1.82) is 0 Å². The highest BCUT2D eigenvalue weighted by atomic mass is 32.2. The maximum Gasteiger partial charge on any atom is 0.170 e. The monoisotopic (exact) mass is 276 g/mol. The van der Waals surface area contributed by atoms with Gasteiger partial charge in [0, 0.05) is 16.2 Å². The van der Waals surface area contributed by atoms with Crippen LogP contribution >= 0.6 is 11.8 Å².